The lowest BCUT2D eigenvalue weighted by Gasteiger charge is -2.28. The average Bonchev–Trinajstić information content (AvgIpc) is 2.37. The predicted molar refractivity (Wildman–Crippen MR) is 63.8 cm³/mol. The Morgan fingerprint density at radius 2 is 1.83 bits per heavy atom. The first-order chi connectivity index (χ1) is 8.60. The molecule has 0 saturated heterocycles. The van der Waals surface area contributed by atoms with Crippen molar-refractivity contribution in [2.24, 2.45) is 5.92 Å². The minimum Gasteiger partial charge on any atom is -0.365 e. The van der Waals surface area contributed by atoms with Crippen molar-refractivity contribution >= 4 is 5.82 Å². The van der Waals surface area contributed by atoms with Crippen LogP contribution in [0.5, 0.6) is 0 Å². The van der Waals surface area contributed by atoms with Crippen LogP contribution in [-0.2, 0) is 0 Å². The van der Waals surface area contributed by atoms with E-state index in [0.29, 0.717) is 6.07 Å². The Bertz CT molecular complexity index is 415. The van der Waals surface area contributed by atoms with Gasteiger partial charge in [-0.05, 0) is 31.6 Å². The van der Waals surface area contributed by atoms with Crippen molar-refractivity contribution in [2.45, 2.75) is 45.1 Å². The summed E-state index contributed by atoms with van der Waals surface area (Å²) in [6, 6.07) is 0.627. The largest absolute Gasteiger partial charge is 0.365 e. The van der Waals surface area contributed by atoms with E-state index in [2.05, 4.69) is 17.2 Å². The van der Waals surface area contributed by atoms with Gasteiger partial charge in [0.1, 0.15) is 0 Å². The van der Waals surface area contributed by atoms with Gasteiger partial charge < -0.3 is 5.32 Å². The molecular formula is C13H17F3N2. The minimum atomic E-state index is -1.26. The van der Waals surface area contributed by atoms with Crippen LogP contribution >= 0.6 is 0 Å². The first-order valence-electron chi connectivity index (χ1n) is 6.38. The number of aromatic nitrogens is 1. The van der Waals surface area contributed by atoms with E-state index in [1.165, 1.54) is 0 Å². The first kappa shape index (κ1) is 13.2. The van der Waals surface area contributed by atoms with Crippen molar-refractivity contribution < 1.29 is 13.2 Å². The number of halogens is 3. The maximum Gasteiger partial charge on any atom is 0.251 e. The third-order valence-corrected chi connectivity index (χ3v) is 3.65. The molecule has 1 aliphatic rings. The van der Waals surface area contributed by atoms with Crippen LogP contribution in [0.15, 0.2) is 6.07 Å². The number of hydrogen-bond acceptors (Lipinski definition) is 2. The summed E-state index contributed by atoms with van der Waals surface area (Å²) in [7, 11) is 0. The molecule has 1 heterocycles. The number of nitrogens with one attached hydrogen (secondary N) is 1. The summed E-state index contributed by atoms with van der Waals surface area (Å²) in [5, 5.41) is 2.87. The summed E-state index contributed by atoms with van der Waals surface area (Å²) >= 11 is 0. The molecule has 2 nitrogen and oxygen atoms in total. The number of nitrogens with zero attached hydrogens (tertiary/aromatic N) is 1. The Kier molecular flexibility index (Phi) is 4.09. The molecule has 1 fully saturated rings. The number of pyridine rings is 1. The van der Waals surface area contributed by atoms with Crippen molar-refractivity contribution in [3.63, 3.8) is 0 Å². The summed E-state index contributed by atoms with van der Waals surface area (Å²) < 4.78 is 39.1. The lowest BCUT2D eigenvalue weighted by atomic mass is 9.84. The zero-order valence-corrected chi connectivity index (χ0v) is 10.3. The molecule has 1 aromatic heterocycles. The van der Waals surface area contributed by atoms with E-state index in [9.17, 15) is 13.2 Å². The topological polar surface area (TPSA) is 24.9 Å². The quantitative estimate of drug-likeness (QED) is 0.832. The summed E-state index contributed by atoms with van der Waals surface area (Å²) in [4.78, 5) is 3.28. The molecule has 100 valence electrons. The molecule has 0 aromatic carbocycles. The second-order valence-electron chi connectivity index (χ2n) is 4.86. The minimum absolute atomic E-state index is 0.0969. The molecule has 0 aliphatic heterocycles. The summed E-state index contributed by atoms with van der Waals surface area (Å²) in [5.74, 6) is -2.82. The van der Waals surface area contributed by atoms with E-state index in [0.717, 1.165) is 38.0 Å². The first-order valence-corrected chi connectivity index (χ1v) is 6.38. The Hall–Kier alpha value is -1.26. The van der Waals surface area contributed by atoms with Crippen LogP contribution in [0, 0.1) is 23.5 Å². The highest BCUT2D eigenvalue weighted by Crippen LogP contribution is 2.28. The van der Waals surface area contributed by atoms with Crippen LogP contribution in [0.3, 0.4) is 0 Å². The van der Waals surface area contributed by atoms with Crippen LogP contribution in [0.1, 0.15) is 39.0 Å². The van der Waals surface area contributed by atoms with Gasteiger partial charge in [0.2, 0.25) is 0 Å². The van der Waals surface area contributed by atoms with E-state index < -0.39 is 17.6 Å². The van der Waals surface area contributed by atoms with Crippen molar-refractivity contribution in [1.29, 1.82) is 0 Å². The van der Waals surface area contributed by atoms with Gasteiger partial charge in [0.05, 0.1) is 0 Å². The highest BCUT2D eigenvalue weighted by Gasteiger charge is 2.21. The smallest absolute Gasteiger partial charge is 0.251 e. The molecule has 0 radical (unpaired) electrons. The molecule has 0 unspecified atom stereocenters. The lowest BCUT2D eigenvalue weighted by molar-refractivity contribution is 0.329. The van der Waals surface area contributed by atoms with Crippen molar-refractivity contribution in [3.8, 4) is 0 Å². The Balaban J connectivity index is 2.00. The van der Waals surface area contributed by atoms with Crippen LogP contribution in [0.25, 0.3) is 0 Å². The van der Waals surface area contributed by atoms with Gasteiger partial charge in [-0.25, -0.2) is 8.78 Å². The number of anilines is 1. The molecule has 1 aliphatic carbocycles. The highest BCUT2D eigenvalue weighted by molar-refractivity contribution is 5.37. The van der Waals surface area contributed by atoms with Gasteiger partial charge in [-0.2, -0.15) is 9.37 Å². The highest BCUT2D eigenvalue weighted by atomic mass is 19.2. The molecule has 0 amide bonds. The van der Waals surface area contributed by atoms with E-state index in [1.54, 1.807) is 0 Å². The second-order valence-corrected chi connectivity index (χ2v) is 4.86. The molecule has 2 rings (SSSR count). The normalized spacial score (nSPS) is 24.0. The maximum atomic E-state index is 13.4. The van der Waals surface area contributed by atoms with Crippen LogP contribution in [0.2, 0.25) is 0 Å². The summed E-state index contributed by atoms with van der Waals surface area (Å²) in [5.41, 5.74) is 0. The van der Waals surface area contributed by atoms with Gasteiger partial charge in [-0.1, -0.05) is 13.3 Å². The second kappa shape index (κ2) is 5.59. The summed E-state index contributed by atoms with van der Waals surface area (Å²) in [6.45, 7) is 2.16. The third kappa shape index (κ3) is 2.94. The third-order valence-electron chi connectivity index (χ3n) is 3.65. The van der Waals surface area contributed by atoms with Crippen molar-refractivity contribution in [1.82, 2.24) is 4.98 Å². The molecule has 1 N–H and O–H groups in total. The summed E-state index contributed by atoms with van der Waals surface area (Å²) in [6.07, 6.45) is 5.15. The number of hydrogen-bond donors (Lipinski definition) is 1. The maximum absolute atomic E-state index is 13.4. The Labute approximate surface area is 105 Å². The van der Waals surface area contributed by atoms with Gasteiger partial charge in [0.15, 0.2) is 17.5 Å². The Morgan fingerprint density at radius 3 is 2.44 bits per heavy atom. The van der Waals surface area contributed by atoms with E-state index >= 15 is 0 Å². The van der Waals surface area contributed by atoms with Gasteiger partial charge in [-0.15, -0.1) is 0 Å². The van der Waals surface area contributed by atoms with Gasteiger partial charge in [0, 0.05) is 12.1 Å². The van der Waals surface area contributed by atoms with Crippen LogP contribution < -0.4 is 5.32 Å². The molecule has 0 spiro atoms. The van der Waals surface area contributed by atoms with E-state index in [4.69, 9.17) is 0 Å². The van der Waals surface area contributed by atoms with Crippen molar-refractivity contribution in [3.05, 3.63) is 23.6 Å². The fourth-order valence-electron chi connectivity index (χ4n) is 2.45. The van der Waals surface area contributed by atoms with E-state index in [1.807, 2.05) is 0 Å². The average molecular weight is 258 g/mol. The van der Waals surface area contributed by atoms with Gasteiger partial charge >= 0.3 is 0 Å². The zero-order valence-electron chi connectivity index (χ0n) is 10.3. The molecule has 18 heavy (non-hydrogen) atoms. The predicted octanol–water partition coefficient (Wildman–Crippen LogP) is 3.88. The number of rotatable bonds is 3. The monoisotopic (exact) mass is 258 g/mol. The van der Waals surface area contributed by atoms with Gasteiger partial charge in [-0.3, -0.25) is 0 Å². The van der Waals surface area contributed by atoms with E-state index in [-0.39, 0.29) is 11.9 Å². The molecular weight excluding hydrogens is 241 g/mol. The van der Waals surface area contributed by atoms with Crippen LogP contribution in [0.4, 0.5) is 19.0 Å². The standard InChI is InChI=1S/C13H17F3N2/c1-2-8-3-5-9(6-4-8)17-13-11(15)7-10(14)12(16)18-13/h7-9H,2-6H2,1H3,(H,17,18). The van der Waals surface area contributed by atoms with Crippen molar-refractivity contribution in [2.75, 3.05) is 5.32 Å². The molecule has 0 bridgehead atoms. The molecule has 0 atom stereocenters. The fourth-order valence-corrected chi connectivity index (χ4v) is 2.45. The lowest BCUT2D eigenvalue weighted by Crippen LogP contribution is -2.27. The molecule has 1 aromatic rings. The fraction of sp³-hybridized carbons (Fsp3) is 0.615. The SMILES string of the molecule is CCC1CCC(Nc2nc(F)c(F)cc2F)CC1. The van der Waals surface area contributed by atoms with Crippen LogP contribution in [-0.4, -0.2) is 11.0 Å². The molecule has 1 saturated carbocycles. The molecule has 5 heteroatoms. The van der Waals surface area contributed by atoms with Gasteiger partial charge in [0.25, 0.3) is 5.95 Å². The Morgan fingerprint density at radius 1 is 1.17 bits per heavy atom. The zero-order chi connectivity index (χ0) is 13.1.